The van der Waals surface area contributed by atoms with E-state index in [0.717, 1.165) is 65.1 Å². The summed E-state index contributed by atoms with van der Waals surface area (Å²) in [4.78, 5) is 9.79. The lowest BCUT2D eigenvalue weighted by atomic mass is 9.94. The minimum Gasteiger partial charge on any atom is -0.504 e. The van der Waals surface area contributed by atoms with Crippen molar-refractivity contribution in [1.29, 1.82) is 0 Å². The molecule has 0 amide bonds. The van der Waals surface area contributed by atoms with E-state index in [1.807, 2.05) is 31.2 Å². The van der Waals surface area contributed by atoms with Crippen molar-refractivity contribution >= 4 is 33.5 Å². The number of pyridine rings is 1. The van der Waals surface area contributed by atoms with Crippen LogP contribution in [-0.4, -0.2) is 39.8 Å². The summed E-state index contributed by atoms with van der Waals surface area (Å²) in [5.74, 6) is 2.08. The van der Waals surface area contributed by atoms with E-state index >= 15 is 0 Å². The molecule has 7 heteroatoms. The Hall–Kier alpha value is -2.83. The number of hydrogen-bond acceptors (Lipinski definition) is 5. The fraction of sp³-hybridized carbons (Fsp3) is 0.360. The summed E-state index contributed by atoms with van der Waals surface area (Å²) >= 11 is 6.26. The highest BCUT2D eigenvalue weighted by Crippen LogP contribution is 2.36. The molecule has 1 fully saturated rings. The van der Waals surface area contributed by atoms with Gasteiger partial charge in [-0.05, 0) is 81.6 Å². The maximum Gasteiger partial charge on any atom is 0.160 e. The molecule has 0 spiro atoms. The van der Waals surface area contributed by atoms with Gasteiger partial charge in [0.15, 0.2) is 11.5 Å². The second-order valence-electron chi connectivity index (χ2n) is 8.51. The van der Waals surface area contributed by atoms with Crippen LogP contribution in [0.4, 0.5) is 0 Å². The van der Waals surface area contributed by atoms with Gasteiger partial charge in [-0.1, -0.05) is 11.6 Å². The third-order valence-corrected chi connectivity index (χ3v) is 6.71. The molecule has 5 rings (SSSR count). The zero-order valence-corrected chi connectivity index (χ0v) is 19.1. The molecule has 0 bridgehead atoms. The van der Waals surface area contributed by atoms with Crippen LogP contribution < -0.4 is 10.1 Å². The molecule has 0 saturated carbocycles. The highest BCUT2D eigenvalue weighted by atomic mass is 35.5. The Kier molecular flexibility index (Phi) is 5.66. The van der Waals surface area contributed by atoms with E-state index in [2.05, 4.69) is 9.88 Å². The number of phenols is 1. The highest BCUT2D eigenvalue weighted by molar-refractivity contribution is 6.31. The number of halogens is 1. The van der Waals surface area contributed by atoms with Crippen molar-refractivity contribution < 1.29 is 9.84 Å². The Morgan fingerprint density at radius 1 is 1.16 bits per heavy atom. The van der Waals surface area contributed by atoms with E-state index in [-0.39, 0.29) is 5.75 Å². The first kappa shape index (κ1) is 21.0. The van der Waals surface area contributed by atoms with E-state index in [4.69, 9.17) is 26.3 Å². The molecular formula is C25H27ClN4O2. The maximum atomic E-state index is 10.4. The summed E-state index contributed by atoms with van der Waals surface area (Å²) < 4.78 is 7.53. The molecule has 3 heterocycles. The van der Waals surface area contributed by atoms with Gasteiger partial charge in [0.1, 0.15) is 11.3 Å². The van der Waals surface area contributed by atoms with Gasteiger partial charge in [0.25, 0.3) is 0 Å². The number of nitrogens with one attached hydrogen (secondary N) is 1. The first-order valence-electron chi connectivity index (χ1n) is 11.1. The summed E-state index contributed by atoms with van der Waals surface area (Å²) in [6.07, 6.45) is 3.48. The molecule has 1 aliphatic heterocycles. The van der Waals surface area contributed by atoms with Crippen LogP contribution in [-0.2, 0) is 6.54 Å². The summed E-state index contributed by atoms with van der Waals surface area (Å²) in [5.41, 5.74) is 4.55. The topological polar surface area (TPSA) is 72.2 Å². The van der Waals surface area contributed by atoms with E-state index in [1.54, 1.807) is 19.2 Å². The molecule has 1 saturated heterocycles. The van der Waals surface area contributed by atoms with Crippen LogP contribution in [0.3, 0.4) is 0 Å². The molecule has 2 aromatic carbocycles. The van der Waals surface area contributed by atoms with Crippen LogP contribution in [0, 0.1) is 12.8 Å². The molecule has 0 unspecified atom stereocenters. The first-order valence-corrected chi connectivity index (χ1v) is 11.5. The predicted octanol–water partition coefficient (Wildman–Crippen LogP) is 5.32. The van der Waals surface area contributed by atoms with Crippen LogP contribution in [0.25, 0.3) is 33.3 Å². The Balaban J connectivity index is 1.70. The maximum absolute atomic E-state index is 10.4. The van der Waals surface area contributed by atoms with Crippen LogP contribution >= 0.6 is 11.6 Å². The number of phenolic OH excluding ortho intramolecular Hbond substituents is 1. The van der Waals surface area contributed by atoms with E-state index in [1.165, 1.54) is 12.8 Å². The van der Waals surface area contributed by atoms with Gasteiger partial charge >= 0.3 is 0 Å². The minimum absolute atomic E-state index is 0.105. The first-order chi connectivity index (χ1) is 15.5. The van der Waals surface area contributed by atoms with Crippen molar-refractivity contribution in [3.8, 4) is 22.9 Å². The SMILES string of the molecule is COc1ccc(-c2nc3c(C)nc4cc(Cl)ccc4c3n2CCC2CCNCC2)cc1O. The molecule has 0 radical (unpaired) electrons. The van der Waals surface area contributed by atoms with Crippen LogP contribution in [0.15, 0.2) is 36.4 Å². The Morgan fingerprint density at radius 3 is 2.72 bits per heavy atom. The van der Waals surface area contributed by atoms with E-state index in [9.17, 15) is 5.11 Å². The van der Waals surface area contributed by atoms with Crippen molar-refractivity contribution in [2.75, 3.05) is 20.2 Å². The lowest BCUT2D eigenvalue weighted by molar-refractivity contribution is 0.340. The number of hydrogen-bond donors (Lipinski definition) is 2. The van der Waals surface area contributed by atoms with Crippen LogP contribution in [0.1, 0.15) is 25.0 Å². The van der Waals surface area contributed by atoms with E-state index in [0.29, 0.717) is 16.7 Å². The fourth-order valence-corrected chi connectivity index (χ4v) is 4.92. The van der Waals surface area contributed by atoms with Crippen molar-refractivity contribution in [2.45, 2.75) is 32.7 Å². The van der Waals surface area contributed by atoms with Gasteiger partial charge < -0.3 is 19.7 Å². The number of nitrogens with zero attached hydrogens (tertiary/aromatic N) is 3. The molecule has 6 nitrogen and oxygen atoms in total. The Bertz CT molecular complexity index is 1290. The zero-order valence-electron chi connectivity index (χ0n) is 18.4. The molecule has 166 valence electrons. The highest BCUT2D eigenvalue weighted by Gasteiger charge is 2.21. The number of aromatic hydroxyl groups is 1. The zero-order chi connectivity index (χ0) is 22.2. The third kappa shape index (κ3) is 3.78. The van der Waals surface area contributed by atoms with Gasteiger partial charge in [-0.15, -0.1) is 0 Å². The quantitative estimate of drug-likeness (QED) is 0.430. The summed E-state index contributed by atoms with van der Waals surface area (Å²) in [6, 6.07) is 11.3. The molecule has 2 N–H and O–H groups in total. The number of imidazole rings is 1. The van der Waals surface area contributed by atoms with Crippen molar-refractivity contribution in [3.63, 3.8) is 0 Å². The molecule has 1 aliphatic rings. The smallest absolute Gasteiger partial charge is 0.160 e. The molecular weight excluding hydrogens is 424 g/mol. The third-order valence-electron chi connectivity index (χ3n) is 6.47. The lowest BCUT2D eigenvalue weighted by Crippen LogP contribution is -2.28. The number of aromatic nitrogens is 3. The summed E-state index contributed by atoms with van der Waals surface area (Å²) in [5, 5.41) is 15.6. The molecule has 0 atom stereocenters. The predicted molar refractivity (Wildman–Crippen MR) is 129 cm³/mol. The number of aryl methyl sites for hydroxylation is 2. The average Bonchev–Trinajstić information content (AvgIpc) is 3.18. The van der Waals surface area contributed by atoms with Crippen LogP contribution in [0.2, 0.25) is 5.02 Å². The second-order valence-corrected chi connectivity index (χ2v) is 8.95. The normalized spacial score (nSPS) is 15.0. The summed E-state index contributed by atoms with van der Waals surface area (Å²) in [7, 11) is 1.55. The standard InChI is InChI=1S/C25H27ClN4O2/c1-15-23-24(19-5-4-18(26)14-20(19)28-15)30(12-9-16-7-10-27-11-8-16)25(29-23)17-3-6-22(32-2)21(31)13-17/h3-6,13-14,16,27,31H,7-12H2,1-2H3. The lowest BCUT2D eigenvalue weighted by Gasteiger charge is -2.23. The number of benzene rings is 2. The number of fused-ring (bicyclic) bond motifs is 3. The van der Waals surface area contributed by atoms with Gasteiger partial charge in [-0.2, -0.15) is 0 Å². The van der Waals surface area contributed by atoms with Crippen LogP contribution in [0.5, 0.6) is 11.5 Å². The van der Waals surface area contributed by atoms with Gasteiger partial charge in [0.2, 0.25) is 0 Å². The number of piperidine rings is 1. The number of methoxy groups -OCH3 is 1. The minimum atomic E-state index is 0.105. The number of rotatable bonds is 5. The Morgan fingerprint density at radius 2 is 1.97 bits per heavy atom. The van der Waals surface area contributed by atoms with Gasteiger partial charge in [-0.3, -0.25) is 4.98 Å². The Labute approximate surface area is 192 Å². The van der Waals surface area contributed by atoms with Crippen molar-refractivity contribution in [3.05, 3.63) is 47.1 Å². The van der Waals surface area contributed by atoms with Crippen molar-refractivity contribution in [2.24, 2.45) is 5.92 Å². The molecule has 32 heavy (non-hydrogen) atoms. The molecule has 4 aromatic rings. The average molecular weight is 451 g/mol. The molecule has 2 aromatic heterocycles. The second kappa shape index (κ2) is 8.60. The van der Waals surface area contributed by atoms with E-state index < -0.39 is 0 Å². The van der Waals surface area contributed by atoms with Gasteiger partial charge in [0, 0.05) is 22.5 Å². The largest absolute Gasteiger partial charge is 0.504 e. The number of ether oxygens (including phenoxy) is 1. The fourth-order valence-electron chi connectivity index (χ4n) is 4.76. The summed E-state index contributed by atoms with van der Waals surface area (Å²) in [6.45, 7) is 5.00. The monoisotopic (exact) mass is 450 g/mol. The van der Waals surface area contributed by atoms with Crippen molar-refractivity contribution in [1.82, 2.24) is 19.9 Å². The van der Waals surface area contributed by atoms with Gasteiger partial charge in [0.05, 0.1) is 23.8 Å². The molecule has 0 aliphatic carbocycles. The van der Waals surface area contributed by atoms with Gasteiger partial charge in [-0.25, -0.2) is 4.98 Å².